The summed E-state index contributed by atoms with van der Waals surface area (Å²) in [5, 5.41) is 5.08. The van der Waals surface area contributed by atoms with Crippen molar-refractivity contribution in [2.24, 2.45) is 5.10 Å². The molecule has 2 aromatic rings. The largest absolute Gasteiger partial charge is 0.467 e. The maximum Gasteiger partial charge on any atom is 0.406 e. The Morgan fingerprint density at radius 3 is 2.52 bits per heavy atom. The first-order chi connectivity index (χ1) is 12.8. The van der Waals surface area contributed by atoms with Crippen molar-refractivity contribution < 1.29 is 27.2 Å². The molecule has 0 N–H and O–H groups in total. The van der Waals surface area contributed by atoms with Crippen LogP contribution in [0.15, 0.2) is 58.2 Å². The average molecular weight is 379 g/mol. The summed E-state index contributed by atoms with van der Waals surface area (Å²) >= 11 is 0. The topological polar surface area (TPSA) is 66.1 Å². The van der Waals surface area contributed by atoms with Crippen molar-refractivity contribution in [2.75, 3.05) is 11.6 Å². The number of alkyl halides is 3. The van der Waals surface area contributed by atoms with E-state index in [0.29, 0.717) is 10.6 Å². The van der Waals surface area contributed by atoms with Crippen molar-refractivity contribution in [3.05, 3.63) is 54.5 Å². The number of hydrogen-bond donors (Lipinski definition) is 0. The van der Waals surface area contributed by atoms with Gasteiger partial charge in [0.25, 0.3) is 5.91 Å². The van der Waals surface area contributed by atoms with Gasteiger partial charge in [0.15, 0.2) is 0 Å². The molecule has 1 aliphatic rings. The van der Waals surface area contributed by atoms with Crippen LogP contribution in [0.4, 0.5) is 18.9 Å². The van der Waals surface area contributed by atoms with Crippen molar-refractivity contribution in [3.8, 4) is 0 Å². The van der Waals surface area contributed by atoms with Crippen LogP contribution in [0.2, 0.25) is 0 Å². The van der Waals surface area contributed by atoms with E-state index in [4.69, 9.17) is 4.42 Å². The molecule has 0 unspecified atom stereocenters. The number of carbonyl (C=O) groups is 2. The van der Waals surface area contributed by atoms with Crippen LogP contribution in [0.3, 0.4) is 0 Å². The standard InChI is InChI=1S/C18H16F3N3O3/c19-18(20,21)12-23(11-14-7-4-10-27-14)17(26)15-8-9-16(25)24(22-15)13-5-2-1-3-6-13/h1-7,10H,8-9,11-12H2. The third kappa shape index (κ3) is 4.75. The van der Waals surface area contributed by atoms with Crippen molar-refractivity contribution in [1.82, 2.24) is 4.90 Å². The second-order valence-corrected chi connectivity index (χ2v) is 5.94. The number of amides is 2. The third-order valence-corrected chi connectivity index (χ3v) is 3.86. The lowest BCUT2D eigenvalue weighted by molar-refractivity contribution is -0.158. The van der Waals surface area contributed by atoms with Gasteiger partial charge in [-0.25, -0.2) is 5.01 Å². The summed E-state index contributed by atoms with van der Waals surface area (Å²) < 4.78 is 43.9. The van der Waals surface area contributed by atoms with Crippen LogP contribution < -0.4 is 5.01 Å². The molecule has 0 saturated carbocycles. The number of hydrazone groups is 1. The highest BCUT2D eigenvalue weighted by Gasteiger charge is 2.36. The van der Waals surface area contributed by atoms with Gasteiger partial charge in [-0.1, -0.05) is 18.2 Å². The molecule has 9 heteroatoms. The number of anilines is 1. The number of halogens is 3. The van der Waals surface area contributed by atoms with Crippen molar-refractivity contribution in [2.45, 2.75) is 25.6 Å². The first-order valence-electron chi connectivity index (χ1n) is 8.17. The molecule has 0 spiro atoms. The van der Waals surface area contributed by atoms with Gasteiger partial charge in [0, 0.05) is 12.8 Å². The van der Waals surface area contributed by atoms with E-state index in [1.54, 1.807) is 30.3 Å². The molecule has 142 valence electrons. The zero-order valence-corrected chi connectivity index (χ0v) is 14.1. The van der Waals surface area contributed by atoms with Gasteiger partial charge >= 0.3 is 6.18 Å². The molecule has 0 atom stereocenters. The van der Waals surface area contributed by atoms with E-state index in [-0.39, 0.29) is 36.8 Å². The van der Waals surface area contributed by atoms with Crippen LogP contribution in [0.25, 0.3) is 0 Å². The number of benzene rings is 1. The molecule has 0 saturated heterocycles. The van der Waals surface area contributed by atoms with Crippen LogP contribution >= 0.6 is 0 Å². The third-order valence-electron chi connectivity index (χ3n) is 3.86. The first-order valence-corrected chi connectivity index (χ1v) is 8.17. The van der Waals surface area contributed by atoms with E-state index in [9.17, 15) is 22.8 Å². The predicted octanol–water partition coefficient (Wildman–Crippen LogP) is 3.35. The Hall–Kier alpha value is -3.10. The molecule has 1 aliphatic heterocycles. The van der Waals surface area contributed by atoms with Crippen LogP contribution in [0, 0.1) is 0 Å². The van der Waals surface area contributed by atoms with Gasteiger partial charge in [-0.2, -0.15) is 18.3 Å². The van der Waals surface area contributed by atoms with E-state index in [1.165, 1.54) is 18.4 Å². The number of rotatable bonds is 5. The Morgan fingerprint density at radius 1 is 1.15 bits per heavy atom. The molecule has 0 radical (unpaired) electrons. The zero-order chi connectivity index (χ0) is 19.4. The number of hydrogen-bond acceptors (Lipinski definition) is 4. The number of nitrogens with zero attached hydrogens (tertiary/aromatic N) is 3. The summed E-state index contributed by atoms with van der Waals surface area (Å²) in [7, 11) is 0. The predicted molar refractivity (Wildman–Crippen MR) is 90.8 cm³/mol. The molecule has 27 heavy (non-hydrogen) atoms. The van der Waals surface area contributed by atoms with Crippen LogP contribution in [0.5, 0.6) is 0 Å². The maximum absolute atomic E-state index is 12.9. The van der Waals surface area contributed by atoms with Crippen LogP contribution in [-0.2, 0) is 16.1 Å². The molecular formula is C18H16F3N3O3. The van der Waals surface area contributed by atoms with E-state index in [0.717, 1.165) is 5.01 Å². The Morgan fingerprint density at radius 2 is 1.89 bits per heavy atom. The summed E-state index contributed by atoms with van der Waals surface area (Å²) in [6.45, 7) is -1.78. The Kier molecular flexibility index (Phi) is 5.29. The minimum atomic E-state index is -4.58. The number of para-hydroxylation sites is 1. The fourth-order valence-electron chi connectivity index (χ4n) is 2.67. The molecule has 3 rings (SSSR count). The van der Waals surface area contributed by atoms with Crippen molar-refractivity contribution >= 4 is 23.2 Å². The molecule has 2 heterocycles. The van der Waals surface area contributed by atoms with E-state index < -0.39 is 18.6 Å². The minimum absolute atomic E-state index is 0.0138. The lowest BCUT2D eigenvalue weighted by Crippen LogP contribution is -2.44. The molecule has 2 amide bonds. The van der Waals surface area contributed by atoms with Gasteiger partial charge in [0.2, 0.25) is 5.91 Å². The lowest BCUT2D eigenvalue weighted by Gasteiger charge is -2.27. The zero-order valence-electron chi connectivity index (χ0n) is 14.1. The van der Waals surface area contributed by atoms with Crippen molar-refractivity contribution in [3.63, 3.8) is 0 Å². The van der Waals surface area contributed by atoms with Gasteiger partial charge < -0.3 is 9.32 Å². The summed E-state index contributed by atoms with van der Waals surface area (Å²) in [4.78, 5) is 25.4. The second kappa shape index (κ2) is 7.65. The normalized spacial score (nSPS) is 14.9. The Labute approximate surface area is 152 Å². The number of furan rings is 1. The first kappa shape index (κ1) is 18.7. The molecule has 0 bridgehead atoms. The Bertz CT molecular complexity index is 833. The van der Waals surface area contributed by atoms with Gasteiger partial charge in [-0.3, -0.25) is 9.59 Å². The molecule has 0 fully saturated rings. The summed E-state index contributed by atoms with van der Waals surface area (Å²) in [5.41, 5.74) is 0.343. The van der Waals surface area contributed by atoms with Gasteiger partial charge in [-0.05, 0) is 24.3 Å². The highest BCUT2D eigenvalue weighted by atomic mass is 19.4. The quantitative estimate of drug-likeness (QED) is 0.800. The minimum Gasteiger partial charge on any atom is -0.467 e. The monoisotopic (exact) mass is 379 g/mol. The van der Waals surface area contributed by atoms with Crippen LogP contribution in [-0.4, -0.2) is 35.1 Å². The van der Waals surface area contributed by atoms with E-state index in [2.05, 4.69) is 5.10 Å². The van der Waals surface area contributed by atoms with E-state index in [1.807, 2.05) is 0 Å². The fourth-order valence-corrected chi connectivity index (χ4v) is 2.67. The fraction of sp³-hybridized carbons (Fsp3) is 0.278. The maximum atomic E-state index is 12.9. The summed E-state index contributed by atoms with van der Waals surface area (Å²) in [5.74, 6) is -0.983. The summed E-state index contributed by atoms with van der Waals surface area (Å²) in [6, 6.07) is 11.4. The van der Waals surface area contributed by atoms with Gasteiger partial charge in [-0.15, -0.1) is 0 Å². The van der Waals surface area contributed by atoms with Crippen molar-refractivity contribution in [1.29, 1.82) is 0 Å². The SMILES string of the molecule is O=C(C1=NN(c2ccccc2)C(=O)CC1)N(Cc1ccco1)CC(F)(F)F. The molecule has 6 nitrogen and oxygen atoms in total. The smallest absolute Gasteiger partial charge is 0.406 e. The lowest BCUT2D eigenvalue weighted by atomic mass is 10.1. The molecule has 0 aliphatic carbocycles. The highest BCUT2D eigenvalue weighted by Crippen LogP contribution is 2.23. The van der Waals surface area contributed by atoms with Gasteiger partial charge in [0.05, 0.1) is 18.5 Å². The molecular weight excluding hydrogens is 363 g/mol. The van der Waals surface area contributed by atoms with Gasteiger partial charge in [0.1, 0.15) is 18.0 Å². The molecule has 1 aromatic carbocycles. The second-order valence-electron chi connectivity index (χ2n) is 5.94. The van der Waals surface area contributed by atoms with E-state index >= 15 is 0 Å². The number of carbonyl (C=O) groups excluding carboxylic acids is 2. The molecule has 1 aromatic heterocycles. The average Bonchev–Trinajstić information content (AvgIpc) is 3.14. The van der Waals surface area contributed by atoms with Crippen LogP contribution in [0.1, 0.15) is 18.6 Å². The Balaban J connectivity index is 1.86. The summed E-state index contributed by atoms with van der Waals surface area (Å²) in [6.07, 6.45) is -3.29. The highest BCUT2D eigenvalue weighted by molar-refractivity contribution is 6.40.